The van der Waals surface area contributed by atoms with Crippen LogP contribution in [0, 0.1) is 11.3 Å². The largest absolute Gasteiger partial charge is 0.465 e. The van der Waals surface area contributed by atoms with Crippen molar-refractivity contribution in [2.45, 2.75) is 39.7 Å². The Bertz CT molecular complexity index is 295. The van der Waals surface area contributed by atoms with Crippen LogP contribution in [0.1, 0.15) is 33.6 Å². The lowest BCUT2D eigenvalue weighted by Crippen LogP contribution is -2.25. The second kappa shape index (κ2) is 6.02. The molecule has 1 rings (SSSR count). The van der Waals surface area contributed by atoms with E-state index in [9.17, 15) is 9.59 Å². The number of cyclic esters (lactones) is 1. The van der Waals surface area contributed by atoms with E-state index in [4.69, 9.17) is 9.47 Å². The van der Waals surface area contributed by atoms with Gasteiger partial charge in [-0.1, -0.05) is 22.6 Å². The lowest BCUT2D eigenvalue weighted by atomic mass is 9.97. The normalized spacial score (nSPS) is 24.6. The highest BCUT2D eigenvalue weighted by molar-refractivity contribution is 14.1. The van der Waals surface area contributed by atoms with Gasteiger partial charge in [0.2, 0.25) is 0 Å². The van der Waals surface area contributed by atoms with E-state index in [2.05, 4.69) is 22.6 Å². The van der Waals surface area contributed by atoms with Gasteiger partial charge in [0, 0.05) is 10.3 Å². The molecule has 17 heavy (non-hydrogen) atoms. The molecule has 0 amide bonds. The number of ether oxygens (including phenoxy) is 2. The number of esters is 2. The summed E-state index contributed by atoms with van der Waals surface area (Å²) in [6.45, 7) is 5.84. The Balaban J connectivity index is 2.32. The van der Waals surface area contributed by atoms with Crippen molar-refractivity contribution in [1.82, 2.24) is 0 Å². The molecular weight excluding hydrogens is 335 g/mol. The van der Waals surface area contributed by atoms with Crippen LogP contribution >= 0.6 is 22.6 Å². The van der Waals surface area contributed by atoms with Crippen molar-refractivity contribution in [3.05, 3.63) is 0 Å². The van der Waals surface area contributed by atoms with E-state index in [1.165, 1.54) is 0 Å². The Morgan fingerprint density at radius 3 is 2.71 bits per heavy atom. The summed E-state index contributed by atoms with van der Waals surface area (Å²) < 4.78 is 11.1. The Labute approximate surface area is 116 Å². The summed E-state index contributed by atoms with van der Waals surface area (Å²) >= 11 is 2.21. The molecule has 0 aromatic heterocycles. The topological polar surface area (TPSA) is 52.6 Å². The van der Waals surface area contributed by atoms with Gasteiger partial charge in [-0.2, -0.15) is 0 Å². The fraction of sp³-hybridized carbons (Fsp3) is 0.833. The third-order valence-corrected chi connectivity index (χ3v) is 3.59. The molecular formula is C12H19IO4. The first-order valence-electron chi connectivity index (χ1n) is 5.77. The van der Waals surface area contributed by atoms with E-state index in [0.717, 1.165) is 4.43 Å². The van der Waals surface area contributed by atoms with Gasteiger partial charge in [0.05, 0.1) is 18.4 Å². The van der Waals surface area contributed by atoms with Crippen molar-refractivity contribution < 1.29 is 19.1 Å². The maximum Gasteiger partial charge on any atom is 0.311 e. The van der Waals surface area contributed by atoms with Crippen LogP contribution in [0.25, 0.3) is 0 Å². The van der Waals surface area contributed by atoms with Crippen LogP contribution < -0.4 is 0 Å². The number of carbonyl (C=O) groups excluding carboxylic acids is 2. The maximum atomic E-state index is 11.5. The van der Waals surface area contributed by atoms with E-state index in [-0.39, 0.29) is 24.0 Å². The summed E-state index contributed by atoms with van der Waals surface area (Å²) in [7, 11) is 0. The number of hydrogen-bond donors (Lipinski definition) is 0. The number of hydrogen-bond acceptors (Lipinski definition) is 4. The molecule has 1 fully saturated rings. The molecule has 98 valence electrons. The molecule has 0 bridgehead atoms. The van der Waals surface area contributed by atoms with Crippen molar-refractivity contribution in [2.24, 2.45) is 11.3 Å². The van der Waals surface area contributed by atoms with Crippen molar-refractivity contribution in [2.75, 3.05) is 11.0 Å². The van der Waals surface area contributed by atoms with Gasteiger partial charge in [0.25, 0.3) is 0 Å². The fourth-order valence-electron chi connectivity index (χ4n) is 1.62. The van der Waals surface area contributed by atoms with E-state index >= 15 is 0 Å². The Hall–Kier alpha value is -0.330. The van der Waals surface area contributed by atoms with Crippen LogP contribution in [-0.4, -0.2) is 29.1 Å². The molecule has 1 saturated heterocycles. The first-order chi connectivity index (χ1) is 7.84. The molecule has 0 spiro atoms. The third kappa shape index (κ3) is 4.44. The maximum absolute atomic E-state index is 11.5. The summed E-state index contributed by atoms with van der Waals surface area (Å²) in [5.41, 5.74) is -0.468. The molecule has 2 atom stereocenters. The number of halogens is 1. The lowest BCUT2D eigenvalue weighted by Gasteiger charge is -2.18. The quantitative estimate of drug-likeness (QED) is 0.442. The SMILES string of the molecule is CC(C)(C)C(=O)OCC[C@H]1CC(=O)O[C@H]1CI. The summed E-state index contributed by atoms with van der Waals surface area (Å²) in [6.07, 6.45) is 1.12. The molecule has 1 heterocycles. The van der Waals surface area contributed by atoms with Gasteiger partial charge in [-0.3, -0.25) is 9.59 Å². The molecule has 1 aliphatic rings. The molecule has 0 radical (unpaired) electrons. The van der Waals surface area contributed by atoms with Crippen LogP contribution in [-0.2, 0) is 19.1 Å². The molecule has 1 aliphatic heterocycles. The minimum atomic E-state index is -0.468. The molecule has 5 heteroatoms. The van der Waals surface area contributed by atoms with E-state index in [1.54, 1.807) is 0 Å². The first kappa shape index (κ1) is 14.7. The predicted molar refractivity (Wildman–Crippen MR) is 71.9 cm³/mol. The van der Waals surface area contributed by atoms with Gasteiger partial charge in [-0.25, -0.2) is 0 Å². The highest BCUT2D eigenvalue weighted by atomic mass is 127. The molecule has 0 aliphatic carbocycles. The van der Waals surface area contributed by atoms with Gasteiger partial charge >= 0.3 is 11.9 Å². The van der Waals surface area contributed by atoms with Gasteiger partial charge in [0.15, 0.2) is 0 Å². The van der Waals surface area contributed by atoms with Crippen molar-refractivity contribution in [3.8, 4) is 0 Å². The van der Waals surface area contributed by atoms with E-state index in [0.29, 0.717) is 19.4 Å². The highest BCUT2D eigenvalue weighted by Crippen LogP contribution is 2.27. The van der Waals surface area contributed by atoms with Crippen molar-refractivity contribution >= 4 is 34.5 Å². The molecule has 4 nitrogen and oxygen atoms in total. The van der Waals surface area contributed by atoms with Crippen LogP contribution in [0.4, 0.5) is 0 Å². The van der Waals surface area contributed by atoms with Gasteiger partial charge in [-0.05, 0) is 27.2 Å². The lowest BCUT2D eigenvalue weighted by molar-refractivity contribution is -0.153. The molecule has 0 aromatic carbocycles. The summed E-state index contributed by atoms with van der Waals surface area (Å²) in [5.74, 6) is -0.153. The molecule has 0 saturated carbocycles. The summed E-state index contributed by atoms with van der Waals surface area (Å²) in [6, 6.07) is 0. The Morgan fingerprint density at radius 2 is 2.18 bits per heavy atom. The zero-order chi connectivity index (χ0) is 13.1. The Kier molecular flexibility index (Phi) is 5.22. The van der Waals surface area contributed by atoms with Crippen LogP contribution in [0.2, 0.25) is 0 Å². The number of carbonyl (C=O) groups is 2. The van der Waals surface area contributed by atoms with Gasteiger partial charge < -0.3 is 9.47 Å². The minimum absolute atomic E-state index is 0.0172. The fourth-order valence-corrected chi connectivity index (χ4v) is 2.52. The number of rotatable bonds is 4. The van der Waals surface area contributed by atoms with E-state index < -0.39 is 5.41 Å². The molecule has 0 unspecified atom stereocenters. The monoisotopic (exact) mass is 354 g/mol. The minimum Gasteiger partial charge on any atom is -0.465 e. The smallest absolute Gasteiger partial charge is 0.311 e. The van der Waals surface area contributed by atoms with Gasteiger partial charge in [-0.15, -0.1) is 0 Å². The first-order valence-corrected chi connectivity index (χ1v) is 7.30. The Morgan fingerprint density at radius 1 is 1.53 bits per heavy atom. The van der Waals surface area contributed by atoms with Crippen molar-refractivity contribution in [3.63, 3.8) is 0 Å². The summed E-state index contributed by atoms with van der Waals surface area (Å²) in [5, 5.41) is 0. The van der Waals surface area contributed by atoms with Gasteiger partial charge in [0.1, 0.15) is 6.10 Å². The van der Waals surface area contributed by atoms with Crippen LogP contribution in [0.3, 0.4) is 0 Å². The average Bonchev–Trinajstić information content (AvgIpc) is 2.57. The van der Waals surface area contributed by atoms with Crippen molar-refractivity contribution in [1.29, 1.82) is 0 Å². The van der Waals surface area contributed by atoms with Crippen LogP contribution in [0.15, 0.2) is 0 Å². The predicted octanol–water partition coefficient (Wildman–Crippen LogP) is 2.33. The second-order valence-electron chi connectivity index (χ2n) is 5.32. The second-order valence-corrected chi connectivity index (χ2v) is 6.20. The highest BCUT2D eigenvalue weighted by Gasteiger charge is 2.34. The zero-order valence-electron chi connectivity index (χ0n) is 10.5. The number of alkyl halides is 1. The third-order valence-electron chi connectivity index (χ3n) is 2.72. The average molecular weight is 354 g/mol. The molecule has 0 aromatic rings. The molecule has 0 N–H and O–H groups in total. The summed E-state index contributed by atoms with van der Waals surface area (Å²) in [4.78, 5) is 22.7. The van der Waals surface area contributed by atoms with E-state index in [1.807, 2.05) is 20.8 Å². The standard InChI is InChI=1S/C12H19IO4/c1-12(2,3)11(15)16-5-4-8-6-10(14)17-9(8)7-13/h8-9H,4-7H2,1-3H3/t8-,9-/m0/s1. The zero-order valence-corrected chi connectivity index (χ0v) is 12.7. The van der Waals surface area contributed by atoms with Crippen LogP contribution in [0.5, 0.6) is 0 Å².